The van der Waals surface area contributed by atoms with E-state index in [-0.39, 0.29) is 17.6 Å². The lowest BCUT2D eigenvalue weighted by Crippen LogP contribution is -2.25. The minimum Gasteiger partial charge on any atom is -0.493 e. The molecule has 1 aliphatic carbocycles. The van der Waals surface area contributed by atoms with E-state index in [1.165, 1.54) is 11.1 Å². The van der Waals surface area contributed by atoms with Crippen LogP contribution in [0.1, 0.15) is 69.7 Å². The second kappa shape index (κ2) is 10.5. The zero-order valence-corrected chi connectivity index (χ0v) is 21.0. The summed E-state index contributed by atoms with van der Waals surface area (Å²) in [4.78, 5) is 18.3. The van der Waals surface area contributed by atoms with Gasteiger partial charge in [0.15, 0.2) is 11.5 Å². The predicted molar refractivity (Wildman–Crippen MR) is 136 cm³/mol. The molecule has 2 aromatic carbocycles. The third kappa shape index (κ3) is 5.29. The number of hydrogen-bond donors (Lipinski definition) is 0. The normalized spacial score (nSPS) is 15.8. The largest absolute Gasteiger partial charge is 0.493 e. The van der Waals surface area contributed by atoms with Gasteiger partial charge < -0.3 is 9.47 Å². The van der Waals surface area contributed by atoms with Crippen molar-refractivity contribution in [2.75, 3.05) is 7.11 Å². The van der Waals surface area contributed by atoms with Crippen molar-refractivity contribution in [3.63, 3.8) is 0 Å². The van der Waals surface area contributed by atoms with Crippen molar-refractivity contribution >= 4 is 33.0 Å². The van der Waals surface area contributed by atoms with Crippen LogP contribution in [0.15, 0.2) is 50.8 Å². The van der Waals surface area contributed by atoms with E-state index in [0.717, 1.165) is 48.0 Å². The Labute approximate surface area is 202 Å². The Balaban J connectivity index is 1.75. The van der Waals surface area contributed by atoms with Gasteiger partial charge in [-0.2, -0.15) is 9.78 Å². The molecule has 0 bridgehead atoms. The topological polar surface area (TPSA) is 65.7 Å². The van der Waals surface area contributed by atoms with Crippen LogP contribution in [0, 0.1) is 0 Å². The summed E-state index contributed by atoms with van der Waals surface area (Å²) in [5.74, 6) is 2.31. The monoisotopic (exact) mass is 511 g/mol. The van der Waals surface area contributed by atoms with Crippen molar-refractivity contribution in [1.29, 1.82) is 0 Å². The third-order valence-electron chi connectivity index (χ3n) is 6.22. The summed E-state index contributed by atoms with van der Waals surface area (Å²) in [6, 6.07) is 11.3. The molecule has 174 valence electrons. The SMILES string of the molecule is CC[C@@H](C)Oc1ccc(C=Nn2c(C3CCCCC3)nc3ccc(Br)cc3c2=O)cc1OC. The first-order chi connectivity index (χ1) is 16.0. The van der Waals surface area contributed by atoms with Crippen molar-refractivity contribution in [3.05, 3.63) is 62.6 Å². The lowest BCUT2D eigenvalue weighted by Gasteiger charge is -2.22. The molecule has 1 heterocycles. The van der Waals surface area contributed by atoms with E-state index in [9.17, 15) is 4.79 Å². The molecule has 33 heavy (non-hydrogen) atoms. The Morgan fingerprint density at radius 2 is 1.97 bits per heavy atom. The maximum Gasteiger partial charge on any atom is 0.282 e. The Morgan fingerprint density at radius 1 is 1.18 bits per heavy atom. The molecule has 1 atom stereocenters. The van der Waals surface area contributed by atoms with Gasteiger partial charge in [0, 0.05) is 10.4 Å². The van der Waals surface area contributed by atoms with Crippen molar-refractivity contribution in [2.24, 2.45) is 5.10 Å². The van der Waals surface area contributed by atoms with Crippen LogP contribution in [0.4, 0.5) is 0 Å². The summed E-state index contributed by atoms with van der Waals surface area (Å²) in [6.07, 6.45) is 8.28. The molecule has 1 saturated carbocycles. The fraction of sp³-hybridized carbons (Fsp3) is 0.423. The highest BCUT2D eigenvalue weighted by Gasteiger charge is 2.22. The van der Waals surface area contributed by atoms with Gasteiger partial charge in [0.2, 0.25) is 0 Å². The second-order valence-electron chi connectivity index (χ2n) is 8.57. The zero-order chi connectivity index (χ0) is 23.4. The number of nitrogens with zero attached hydrogens (tertiary/aromatic N) is 3. The van der Waals surface area contributed by atoms with Crippen LogP contribution in [-0.4, -0.2) is 29.1 Å². The molecule has 1 aliphatic rings. The standard InChI is InChI=1S/C26H30BrN3O3/c1-4-17(2)33-23-13-10-18(14-24(23)32-3)16-28-30-25(19-8-6-5-7-9-19)29-22-12-11-20(27)15-21(22)26(30)31/h10-17,19H,4-9H2,1-3H3/t17-/m1/s1. The summed E-state index contributed by atoms with van der Waals surface area (Å²) >= 11 is 3.47. The first-order valence-corrected chi connectivity index (χ1v) is 12.4. The van der Waals surface area contributed by atoms with E-state index in [0.29, 0.717) is 22.4 Å². The number of hydrogen-bond acceptors (Lipinski definition) is 5. The van der Waals surface area contributed by atoms with E-state index in [1.807, 2.05) is 43.3 Å². The molecule has 1 aromatic heterocycles. The number of halogens is 1. The molecule has 0 aliphatic heterocycles. The number of benzene rings is 2. The van der Waals surface area contributed by atoms with Gasteiger partial charge in [0.25, 0.3) is 5.56 Å². The molecule has 0 unspecified atom stereocenters. The molecule has 0 spiro atoms. The van der Waals surface area contributed by atoms with Crippen LogP contribution in [0.5, 0.6) is 11.5 Å². The molecule has 7 heteroatoms. The second-order valence-corrected chi connectivity index (χ2v) is 9.49. The summed E-state index contributed by atoms with van der Waals surface area (Å²) in [5, 5.41) is 5.17. The van der Waals surface area contributed by atoms with Crippen LogP contribution >= 0.6 is 15.9 Å². The van der Waals surface area contributed by atoms with Gasteiger partial charge in [-0.25, -0.2) is 4.98 Å². The molecule has 1 fully saturated rings. The number of methoxy groups -OCH3 is 1. The van der Waals surface area contributed by atoms with E-state index in [1.54, 1.807) is 13.3 Å². The molecule has 3 aromatic rings. The molecule has 0 N–H and O–H groups in total. The lowest BCUT2D eigenvalue weighted by molar-refractivity contribution is 0.207. The highest BCUT2D eigenvalue weighted by Crippen LogP contribution is 2.32. The Bertz CT molecular complexity index is 1220. The minimum atomic E-state index is -0.151. The van der Waals surface area contributed by atoms with E-state index >= 15 is 0 Å². The van der Waals surface area contributed by atoms with Gasteiger partial charge in [0.1, 0.15) is 5.82 Å². The van der Waals surface area contributed by atoms with E-state index in [4.69, 9.17) is 14.5 Å². The van der Waals surface area contributed by atoms with E-state index in [2.05, 4.69) is 28.0 Å². The van der Waals surface area contributed by atoms with Crippen LogP contribution in [-0.2, 0) is 0 Å². The van der Waals surface area contributed by atoms with Crippen molar-refractivity contribution in [3.8, 4) is 11.5 Å². The smallest absolute Gasteiger partial charge is 0.282 e. The van der Waals surface area contributed by atoms with Gasteiger partial charge in [0.05, 0.1) is 30.3 Å². The van der Waals surface area contributed by atoms with Gasteiger partial charge >= 0.3 is 0 Å². The van der Waals surface area contributed by atoms with E-state index < -0.39 is 0 Å². The highest BCUT2D eigenvalue weighted by atomic mass is 79.9. The maximum absolute atomic E-state index is 13.4. The third-order valence-corrected chi connectivity index (χ3v) is 6.71. The first-order valence-electron chi connectivity index (χ1n) is 11.6. The van der Waals surface area contributed by atoms with Gasteiger partial charge in [-0.15, -0.1) is 0 Å². The average Bonchev–Trinajstić information content (AvgIpc) is 2.84. The molecular weight excluding hydrogens is 482 g/mol. The molecule has 0 saturated heterocycles. The highest BCUT2D eigenvalue weighted by molar-refractivity contribution is 9.10. The van der Waals surface area contributed by atoms with Gasteiger partial charge in [-0.05, 0) is 68.1 Å². The summed E-state index contributed by atoms with van der Waals surface area (Å²) in [6.45, 7) is 4.11. The number of rotatable bonds is 7. The Morgan fingerprint density at radius 3 is 2.70 bits per heavy atom. The number of fused-ring (bicyclic) bond motifs is 1. The number of ether oxygens (including phenoxy) is 2. The van der Waals surface area contributed by atoms with Crippen LogP contribution in [0.25, 0.3) is 10.9 Å². The van der Waals surface area contributed by atoms with Crippen LogP contribution < -0.4 is 15.0 Å². The van der Waals surface area contributed by atoms with Crippen molar-refractivity contribution < 1.29 is 9.47 Å². The minimum absolute atomic E-state index is 0.0954. The van der Waals surface area contributed by atoms with Crippen molar-refractivity contribution in [1.82, 2.24) is 9.66 Å². The maximum atomic E-state index is 13.4. The quantitative estimate of drug-likeness (QED) is 0.350. The molecular formula is C26H30BrN3O3. The predicted octanol–water partition coefficient (Wildman–Crippen LogP) is 6.27. The first kappa shape index (κ1) is 23.5. The van der Waals surface area contributed by atoms with Crippen molar-refractivity contribution in [2.45, 2.75) is 64.4 Å². The summed E-state index contributed by atoms with van der Waals surface area (Å²) in [5.41, 5.74) is 1.38. The zero-order valence-electron chi connectivity index (χ0n) is 19.4. The molecule has 4 rings (SSSR count). The Kier molecular flexibility index (Phi) is 7.48. The summed E-state index contributed by atoms with van der Waals surface area (Å²) < 4.78 is 13.8. The van der Waals surface area contributed by atoms with Gasteiger partial charge in [-0.3, -0.25) is 4.79 Å². The fourth-order valence-corrected chi connectivity index (χ4v) is 4.55. The number of aromatic nitrogens is 2. The average molecular weight is 512 g/mol. The van der Waals surface area contributed by atoms with Crippen LogP contribution in [0.2, 0.25) is 0 Å². The fourth-order valence-electron chi connectivity index (χ4n) is 4.19. The van der Waals surface area contributed by atoms with Crippen LogP contribution in [0.3, 0.4) is 0 Å². The molecule has 0 radical (unpaired) electrons. The van der Waals surface area contributed by atoms with Gasteiger partial charge in [-0.1, -0.05) is 42.1 Å². The summed E-state index contributed by atoms with van der Waals surface area (Å²) in [7, 11) is 1.62. The Hall–Kier alpha value is -2.67. The molecule has 6 nitrogen and oxygen atoms in total. The molecule has 0 amide bonds. The lowest BCUT2D eigenvalue weighted by atomic mass is 9.88.